The minimum Gasteiger partial charge on any atom is -0.413 e. The molecule has 0 amide bonds. The van der Waals surface area contributed by atoms with Crippen molar-refractivity contribution in [1.29, 1.82) is 0 Å². The van der Waals surface area contributed by atoms with Crippen LogP contribution in [-0.2, 0) is 4.43 Å². The summed E-state index contributed by atoms with van der Waals surface area (Å²) < 4.78 is 7.07. The van der Waals surface area contributed by atoms with E-state index in [1.54, 1.807) is 0 Å². The van der Waals surface area contributed by atoms with Crippen LogP contribution in [0, 0.1) is 17.8 Å². The van der Waals surface area contributed by atoms with Crippen molar-refractivity contribution in [3.05, 3.63) is 12.2 Å². The molecule has 2 aliphatic rings. The van der Waals surface area contributed by atoms with Gasteiger partial charge in [-0.2, -0.15) is 0 Å². The minimum atomic E-state index is -1.71. The van der Waals surface area contributed by atoms with E-state index in [0.717, 1.165) is 17.8 Å². The maximum atomic E-state index is 7.07. The number of rotatable bonds is 11. The Morgan fingerprint density at radius 2 is 1.23 bits per heavy atom. The van der Waals surface area contributed by atoms with Gasteiger partial charge in [0.25, 0.3) is 0 Å². The largest absolute Gasteiger partial charge is 0.413 e. The van der Waals surface area contributed by atoms with Crippen molar-refractivity contribution in [2.45, 2.75) is 148 Å². The highest BCUT2D eigenvalue weighted by Gasteiger charge is 2.46. The molecule has 2 aliphatic carbocycles. The van der Waals surface area contributed by atoms with Crippen molar-refractivity contribution < 1.29 is 4.43 Å². The molecule has 30 heavy (non-hydrogen) atoms. The van der Waals surface area contributed by atoms with E-state index in [0.29, 0.717) is 22.7 Å². The molecule has 0 aromatic carbocycles. The zero-order valence-electron chi connectivity index (χ0n) is 21.6. The maximum absolute atomic E-state index is 7.07. The SMILES string of the molecule is CCCC1CCC(C=CCCC2CCC(O[Si](C(C)C)(C(C)C)C(C)C)CC2)CC1. The lowest BCUT2D eigenvalue weighted by Crippen LogP contribution is -2.50. The van der Waals surface area contributed by atoms with E-state index >= 15 is 0 Å². The van der Waals surface area contributed by atoms with E-state index in [2.05, 4.69) is 60.6 Å². The molecule has 176 valence electrons. The summed E-state index contributed by atoms with van der Waals surface area (Å²) >= 11 is 0. The first kappa shape index (κ1) is 26.2. The molecule has 1 nitrogen and oxygen atoms in total. The maximum Gasteiger partial charge on any atom is 0.200 e. The van der Waals surface area contributed by atoms with Crippen LogP contribution < -0.4 is 0 Å². The molecule has 0 N–H and O–H groups in total. The van der Waals surface area contributed by atoms with Crippen LogP contribution in [0.3, 0.4) is 0 Å². The average molecular weight is 435 g/mol. The number of allylic oxidation sites excluding steroid dienone is 2. The molecule has 0 aliphatic heterocycles. The van der Waals surface area contributed by atoms with Crippen LogP contribution >= 0.6 is 0 Å². The van der Waals surface area contributed by atoms with Gasteiger partial charge < -0.3 is 4.43 Å². The van der Waals surface area contributed by atoms with E-state index < -0.39 is 8.32 Å². The Hall–Kier alpha value is -0.0831. The van der Waals surface area contributed by atoms with E-state index in [1.165, 1.54) is 77.0 Å². The Morgan fingerprint density at radius 3 is 1.73 bits per heavy atom. The van der Waals surface area contributed by atoms with Gasteiger partial charge in [-0.1, -0.05) is 73.5 Å². The van der Waals surface area contributed by atoms with Gasteiger partial charge in [-0.05, 0) is 98.6 Å². The second kappa shape index (κ2) is 12.8. The van der Waals surface area contributed by atoms with Crippen molar-refractivity contribution in [1.82, 2.24) is 0 Å². The fraction of sp³-hybridized carbons (Fsp3) is 0.929. The zero-order valence-corrected chi connectivity index (χ0v) is 22.6. The van der Waals surface area contributed by atoms with Crippen LogP contribution in [0.5, 0.6) is 0 Å². The van der Waals surface area contributed by atoms with Gasteiger partial charge in [0.15, 0.2) is 0 Å². The lowest BCUT2D eigenvalue weighted by Gasteiger charge is -2.46. The first-order valence-electron chi connectivity index (χ1n) is 13.6. The molecule has 2 fully saturated rings. The molecule has 0 aromatic rings. The van der Waals surface area contributed by atoms with Crippen LogP contribution in [0.2, 0.25) is 16.6 Å². The molecular formula is C28H54OSi. The van der Waals surface area contributed by atoms with Gasteiger partial charge in [-0.25, -0.2) is 0 Å². The lowest BCUT2D eigenvalue weighted by atomic mass is 9.80. The van der Waals surface area contributed by atoms with Gasteiger partial charge in [0, 0.05) is 6.10 Å². The molecular weight excluding hydrogens is 380 g/mol. The first-order chi connectivity index (χ1) is 14.3. The molecule has 0 saturated heterocycles. The third-order valence-electron chi connectivity index (χ3n) is 8.61. The van der Waals surface area contributed by atoms with Crippen LogP contribution in [0.1, 0.15) is 126 Å². The Balaban J connectivity index is 1.69. The molecule has 0 spiro atoms. The van der Waals surface area contributed by atoms with Crippen LogP contribution in [0.4, 0.5) is 0 Å². The van der Waals surface area contributed by atoms with Gasteiger partial charge in [0.2, 0.25) is 8.32 Å². The van der Waals surface area contributed by atoms with Gasteiger partial charge in [0.05, 0.1) is 0 Å². The second-order valence-corrected chi connectivity index (χ2v) is 17.1. The molecule has 2 rings (SSSR count). The van der Waals surface area contributed by atoms with E-state index in [4.69, 9.17) is 4.43 Å². The zero-order chi connectivity index (χ0) is 22.1. The van der Waals surface area contributed by atoms with Crippen LogP contribution in [0.15, 0.2) is 12.2 Å². The van der Waals surface area contributed by atoms with Crippen LogP contribution in [-0.4, -0.2) is 14.4 Å². The highest BCUT2D eigenvalue weighted by atomic mass is 28.4. The summed E-state index contributed by atoms with van der Waals surface area (Å²) in [7, 11) is -1.71. The highest BCUT2D eigenvalue weighted by Crippen LogP contribution is 2.45. The minimum absolute atomic E-state index is 0.536. The van der Waals surface area contributed by atoms with Crippen LogP contribution in [0.25, 0.3) is 0 Å². The quantitative estimate of drug-likeness (QED) is 0.232. The second-order valence-electron chi connectivity index (χ2n) is 11.7. The smallest absolute Gasteiger partial charge is 0.200 e. The first-order valence-corrected chi connectivity index (χ1v) is 15.8. The van der Waals surface area contributed by atoms with Crippen molar-refractivity contribution in [2.24, 2.45) is 17.8 Å². The number of hydrogen-bond acceptors (Lipinski definition) is 1. The van der Waals surface area contributed by atoms with Crippen molar-refractivity contribution in [3.63, 3.8) is 0 Å². The topological polar surface area (TPSA) is 9.23 Å². The van der Waals surface area contributed by atoms with Crippen molar-refractivity contribution in [3.8, 4) is 0 Å². The Kier molecular flexibility index (Phi) is 11.2. The average Bonchev–Trinajstić information content (AvgIpc) is 2.71. The van der Waals surface area contributed by atoms with E-state index in [-0.39, 0.29) is 0 Å². The predicted molar refractivity (Wildman–Crippen MR) is 137 cm³/mol. The Bertz CT molecular complexity index is 457. The van der Waals surface area contributed by atoms with Gasteiger partial charge in [-0.3, -0.25) is 0 Å². The van der Waals surface area contributed by atoms with Gasteiger partial charge in [-0.15, -0.1) is 0 Å². The fourth-order valence-corrected chi connectivity index (χ4v) is 12.6. The highest BCUT2D eigenvalue weighted by molar-refractivity contribution is 6.77. The van der Waals surface area contributed by atoms with Crippen molar-refractivity contribution in [2.75, 3.05) is 0 Å². The number of hydrogen-bond donors (Lipinski definition) is 0. The fourth-order valence-electron chi connectivity index (χ4n) is 6.93. The summed E-state index contributed by atoms with van der Waals surface area (Å²) in [5.74, 6) is 2.84. The predicted octanol–water partition coefficient (Wildman–Crippen LogP) is 9.68. The summed E-state index contributed by atoms with van der Waals surface area (Å²) in [5, 5.41) is 0. The molecule has 0 heterocycles. The third-order valence-corrected chi connectivity index (χ3v) is 14.8. The summed E-state index contributed by atoms with van der Waals surface area (Å²) in [6.07, 6.45) is 22.4. The monoisotopic (exact) mass is 434 g/mol. The summed E-state index contributed by atoms with van der Waals surface area (Å²) in [6.45, 7) is 16.8. The molecule has 0 aromatic heterocycles. The van der Waals surface area contributed by atoms with E-state index in [1.807, 2.05) is 0 Å². The molecule has 0 atom stereocenters. The van der Waals surface area contributed by atoms with Gasteiger partial charge in [0.1, 0.15) is 0 Å². The summed E-state index contributed by atoms with van der Waals surface area (Å²) in [5.41, 5.74) is 2.12. The summed E-state index contributed by atoms with van der Waals surface area (Å²) in [4.78, 5) is 0. The standard InChI is InChI=1S/C28H54OSi/c1-8-11-25-14-16-26(17-15-25)12-9-10-13-27-18-20-28(21-19-27)29-30(22(2)3,23(4)5)24(6)7/h9,12,22-28H,8,10-11,13-21H2,1-7H3. The molecule has 0 radical (unpaired) electrons. The van der Waals surface area contributed by atoms with E-state index in [9.17, 15) is 0 Å². The third kappa shape index (κ3) is 7.22. The summed E-state index contributed by atoms with van der Waals surface area (Å²) in [6, 6.07) is 0. The molecule has 0 bridgehead atoms. The molecule has 2 heteroatoms. The normalized spacial score (nSPS) is 28.9. The van der Waals surface area contributed by atoms with Gasteiger partial charge >= 0.3 is 0 Å². The Morgan fingerprint density at radius 1 is 0.733 bits per heavy atom. The lowest BCUT2D eigenvalue weighted by molar-refractivity contribution is 0.110. The van der Waals surface area contributed by atoms with Crippen molar-refractivity contribution >= 4 is 8.32 Å². The molecule has 2 saturated carbocycles. The molecule has 0 unspecified atom stereocenters. The Labute approximate surface area is 191 Å².